The predicted molar refractivity (Wildman–Crippen MR) is 13.5 cm³/mol. The van der Waals surface area contributed by atoms with Crippen molar-refractivity contribution in [2.24, 2.45) is 0 Å². The Balaban J connectivity index is 2.69. The van der Waals surface area contributed by atoms with Crippen LogP contribution in [0.4, 0.5) is 4.53 Å². The summed E-state index contributed by atoms with van der Waals surface area (Å²) < 4.78 is 10.5. The third-order valence-electron chi connectivity index (χ3n) is 0.223. The van der Waals surface area contributed by atoms with Crippen LogP contribution < -0.4 is 0 Å². The van der Waals surface area contributed by atoms with Gasteiger partial charge in [0.05, 0.1) is 0 Å². The van der Waals surface area contributed by atoms with Crippen LogP contribution in [0.1, 0.15) is 0 Å². The van der Waals surface area contributed by atoms with Crippen LogP contribution in [0.3, 0.4) is 0 Å². The van der Waals surface area contributed by atoms with Gasteiger partial charge >= 0.3 is 0 Å². The molecule has 0 saturated heterocycles. The maximum absolute atomic E-state index is 10.5. The zero-order valence-corrected chi connectivity index (χ0v) is 4.50. The first-order valence-electron chi connectivity index (χ1n) is 1.67. The molecule has 0 fully saturated rings. The normalized spacial score (nSPS) is 10.4. The van der Waals surface area contributed by atoms with E-state index in [9.17, 15) is 4.53 Å². The van der Waals surface area contributed by atoms with E-state index in [2.05, 4.69) is 45.4 Å². The van der Waals surface area contributed by atoms with E-state index in [1.54, 1.807) is 0 Å². The van der Waals surface area contributed by atoms with Gasteiger partial charge in [0.25, 0.3) is 0 Å². The first-order valence-corrected chi connectivity index (χ1v) is 1.67. The van der Waals surface area contributed by atoms with E-state index < -0.39 is 0 Å². The number of hydrogen-bond acceptors (Lipinski definition) is 10. The molecule has 0 aliphatic rings. The van der Waals surface area contributed by atoms with Crippen molar-refractivity contribution < 1.29 is 55.2 Å². The highest BCUT2D eigenvalue weighted by Gasteiger charge is 1.94. The number of rotatable bonds is 8. The van der Waals surface area contributed by atoms with Crippen molar-refractivity contribution >= 4 is 0 Å². The molecule has 0 aliphatic heterocycles. The highest BCUT2D eigenvalue weighted by Crippen LogP contribution is 1.88. The van der Waals surface area contributed by atoms with E-state index in [0.29, 0.717) is 0 Å². The second-order valence-electron chi connectivity index (χ2n) is 0.614. The lowest BCUT2D eigenvalue weighted by atomic mass is 14.1. The van der Waals surface area contributed by atoms with Crippen molar-refractivity contribution in [1.29, 1.82) is 0 Å². The second-order valence-corrected chi connectivity index (χ2v) is 0.614. The van der Waals surface area contributed by atoms with Gasteiger partial charge in [-0.2, -0.15) is 0 Å². The molecule has 0 spiro atoms. The van der Waals surface area contributed by atoms with Crippen molar-refractivity contribution in [2.75, 3.05) is 0 Å². The van der Waals surface area contributed by atoms with E-state index in [-0.39, 0.29) is 0 Å². The molecule has 0 aromatic rings. The first kappa shape index (κ1) is 10.5. The fourth-order valence-electron chi connectivity index (χ4n) is 0.0796. The summed E-state index contributed by atoms with van der Waals surface area (Å²) in [5.74, 6) is 0. The van der Waals surface area contributed by atoms with Crippen LogP contribution in [-0.4, -0.2) is 5.26 Å². The number of hydrogen-bond donors (Lipinski definition) is 1. The van der Waals surface area contributed by atoms with Crippen molar-refractivity contribution in [1.82, 2.24) is 0 Å². The highest BCUT2D eigenvalue weighted by molar-refractivity contribution is 3.02. The van der Waals surface area contributed by atoms with Gasteiger partial charge in [-0.1, -0.05) is 0 Å². The van der Waals surface area contributed by atoms with Crippen LogP contribution in [-0.2, 0) is 45.4 Å². The van der Waals surface area contributed by atoms with Gasteiger partial charge in [-0.15, -0.1) is 0 Å². The van der Waals surface area contributed by atoms with Crippen molar-refractivity contribution in [3.05, 3.63) is 0 Å². The Labute approximate surface area is 56.6 Å². The van der Waals surface area contributed by atoms with Crippen LogP contribution >= 0.6 is 0 Å². The quantitative estimate of drug-likeness (QED) is 0.307. The summed E-state index contributed by atoms with van der Waals surface area (Å²) in [6.07, 6.45) is 0. The maximum atomic E-state index is 10.5. The van der Waals surface area contributed by atoms with Crippen molar-refractivity contribution in [3.8, 4) is 0 Å². The Morgan fingerprint density at radius 1 is 0.727 bits per heavy atom. The lowest BCUT2D eigenvalue weighted by Crippen LogP contribution is -2.00. The minimum Gasteiger partial charge on any atom is -0.219 e. The molecule has 1 N–H and O–H groups in total. The van der Waals surface area contributed by atoms with Crippen LogP contribution in [0, 0.1) is 0 Å². The Hall–Kier alpha value is -0.470. The Morgan fingerprint density at radius 3 is 1.64 bits per heavy atom. The summed E-state index contributed by atoms with van der Waals surface area (Å²) in [5.41, 5.74) is 0. The molecule has 0 atom stereocenters. The van der Waals surface area contributed by atoms with Gasteiger partial charge in [0, 0.05) is 25.2 Å². The molecule has 0 amide bonds. The first-order chi connectivity index (χ1) is 5.41. The average molecular weight is 180 g/mol. The molecule has 11 heteroatoms. The van der Waals surface area contributed by atoms with Crippen LogP contribution in [0.25, 0.3) is 0 Å². The van der Waals surface area contributed by atoms with Gasteiger partial charge in [0.1, 0.15) is 0 Å². The average Bonchev–Trinajstić information content (AvgIpc) is 2.03. The molecule has 0 aliphatic carbocycles. The minimum atomic E-state index is 2.35. The predicted octanol–water partition coefficient (Wildman–Crippen LogP) is -0.187. The zero-order chi connectivity index (χ0) is 8.36. The molecule has 0 saturated carbocycles. The van der Waals surface area contributed by atoms with E-state index in [4.69, 9.17) is 5.26 Å². The Morgan fingerprint density at radius 2 is 1.18 bits per heavy atom. The summed E-state index contributed by atoms with van der Waals surface area (Å²) >= 11 is 0. The summed E-state index contributed by atoms with van der Waals surface area (Å²) in [7, 11) is 0. The monoisotopic (exact) mass is 180 g/mol. The molecule has 11 heavy (non-hydrogen) atoms. The molecule has 0 radical (unpaired) electrons. The fourth-order valence-corrected chi connectivity index (χ4v) is 0.0796. The van der Waals surface area contributed by atoms with Gasteiger partial charge in [0.2, 0.25) is 0 Å². The Bertz CT molecular complexity index is 53.9. The molecular weight excluding hydrogens is 179 g/mol. The lowest BCUT2D eigenvalue weighted by molar-refractivity contribution is -0.849. The summed E-state index contributed by atoms with van der Waals surface area (Å²) in [4.78, 5) is 0. The number of halogens is 1. The maximum Gasteiger partial charge on any atom is 0.0104 e. The molecular formula is HFO10. The minimum absolute atomic E-state index is 2.35. The summed E-state index contributed by atoms with van der Waals surface area (Å²) in [6, 6.07) is 0. The van der Waals surface area contributed by atoms with Crippen LogP contribution in [0.5, 0.6) is 0 Å². The van der Waals surface area contributed by atoms with Crippen LogP contribution in [0.2, 0.25) is 0 Å². The van der Waals surface area contributed by atoms with Gasteiger partial charge in [-0.05, 0) is 24.7 Å². The molecule has 68 valence electrons. The van der Waals surface area contributed by atoms with Crippen LogP contribution in [0.15, 0.2) is 0 Å². The third-order valence-corrected chi connectivity index (χ3v) is 0.223. The van der Waals surface area contributed by atoms with E-state index in [1.165, 1.54) is 0 Å². The van der Waals surface area contributed by atoms with E-state index >= 15 is 0 Å². The third kappa shape index (κ3) is 9.53. The lowest BCUT2D eigenvalue weighted by Gasteiger charge is -1.94. The smallest absolute Gasteiger partial charge is 0.0104 e. The van der Waals surface area contributed by atoms with Crippen molar-refractivity contribution in [2.45, 2.75) is 0 Å². The molecule has 0 aromatic heterocycles. The largest absolute Gasteiger partial charge is 0.219 e. The van der Waals surface area contributed by atoms with Gasteiger partial charge < -0.3 is 0 Å². The summed E-state index contributed by atoms with van der Waals surface area (Å²) in [6.45, 7) is 0. The topological polar surface area (TPSA) is 103 Å². The molecule has 0 rings (SSSR count). The van der Waals surface area contributed by atoms with Gasteiger partial charge in [-0.3, -0.25) is 0 Å². The molecule has 0 unspecified atom stereocenters. The Kier molecular flexibility index (Phi) is 9.12. The van der Waals surface area contributed by atoms with E-state index in [1.807, 2.05) is 0 Å². The molecule has 0 heterocycles. The SMILES string of the molecule is OOOOOOOOOOF. The molecule has 0 aromatic carbocycles. The van der Waals surface area contributed by atoms with Gasteiger partial charge in [-0.25, -0.2) is 5.26 Å². The van der Waals surface area contributed by atoms with E-state index in [0.717, 1.165) is 0 Å². The highest BCUT2D eigenvalue weighted by atomic mass is 19.3. The molecule has 10 nitrogen and oxygen atoms in total. The van der Waals surface area contributed by atoms with Gasteiger partial charge in [0.15, 0.2) is 0 Å². The zero-order valence-electron chi connectivity index (χ0n) is 4.50. The summed E-state index contributed by atoms with van der Waals surface area (Å²) in [5, 5.41) is 35.0. The fraction of sp³-hybridized carbons (Fsp3) is 0. The standard InChI is InChI=1S/FHO10/c1-3-5-7-9-11-10-8-6-4-2/h2H. The second kappa shape index (κ2) is 9.53. The molecule has 0 bridgehead atoms. The van der Waals surface area contributed by atoms with Crippen molar-refractivity contribution in [3.63, 3.8) is 0 Å².